The molecule has 4 nitrogen and oxygen atoms in total. The Morgan fingerprint density at radius 1 is 1.39 bits per heavy atom. The second-order valence-electron chi connectivity index (χ2n) is 5.74. The van der Waals surface area contributed by atoms with Crippen LogP contribution in [0.2, 0.25) is 0 Å². The fourth-order valence-electron chi connectivity index (χ4n) is 2.63. The van der Waals surface area contributed by atoms with E-state index in [9.17, 15) is 18.0 Å². The lowest BCUT2D eigenvalue weighted by atomic mass is 10.0. The quantitative estimate of drug-likeness (QED) is 0.734. The largest absolute Gasteiger partial charge is 0.390 e. The minimum atomic E-state index is -3.31. The van der Waals surface area contributed by atoms with Crippen molar-refractivity contribution in [2.75, 3.05) is 11.9 Å². The number of hydrogen-bond donors (Lipinski definition) is 3. The monoisotopic (exact) mass is 390 g/mol. The van der Waals surface area contributed by atoms with Gasteiger partial charge in [-0.25, -0.2) is 13.2 Å². The van der Waals surface area contributed by atoms with Crippen LogP contribution in [0.3, 0.4) is 0 Å². The van der Waals surface area contributed by atoms with Crippen molar-refractivity contribution in [2.24, 2.45) is 5.92 Å². The van der Waals surface area contributed by atoms with Crippen molar-refractivity contribution in [2.45, 2.75) is 24.8 Å². The number of aromatic nitrogens is 1. The van der Waals surface area contributed by atoms with Crippen LogP contribution in [0.15, 0.2) is 27.5 Å². The van der Waals surface area contributed by atoms with Gasteiger partial charge >= 0.3 is 0 Å². The standard InChI is InChI=1S/C15H14BrF3N2O2/c16-9-3-8-11(4-10(9)17)20-13(23)5-12(8)21-14(7-1-2-7)15(18,19)6-22/h3-5,7,14,22H,1-2,6H2,(H2,20,21,23)/t14-/m0/s1. The minimum Gasteiger partial charge on any atom is -0.390 e. The molecule has 1 aliphatic carbocycles. The van der Waals surface area contributed by atoms with E-state index in [-0.39, 0.29) is 21.6 Å². The van der Waals surface area contributed by atoms with Crippen LogP contribution in [0, 0.1) is 11.7 Å². The third kappa shape index (κ3) is 3.23. The van der Waals surface area contributed by atoms with E-state index in [1.54, 1.807) is 0 Å². The highest BCUT2D eigenvalue weighted by Crippen LogP contribution is 2.41. The first kappa shape index (κ1) is 16.3. The van der Waals surface area contributed by atoms with Crippen LogP contribution >= 0.6 is 15.9 Å². The Labute approximate surface area is 137 Å². The van der Waals surface area contributed by atoms with Gasteiger partial charge in [0.1, 0.15) is 12.4 Å². The summed E-state index contributed by atoms with van der Waals surface area (Å²) in [4.78, 5) is 14.2. The molecule has 0 bridgehead atoms. The number of nitrogens with one attached hydrogen (secondary N) is 2. The lowest BCUT2D eigenvalue weighted by Crippen LogP contribution is -2.44. The number of rotatable bonds is 5. The zero-order valence-electron chi connectivity index (χ0n) is 11.9. The van der Waals surface area contributed by atoms with Crippen molar-refractivity contribution in [3.8, 4) is 0 Å². The van der Waals surface area contributed by atoms with E-state index in [1.165, 1.54) is 6.07 Å². The van der Waals surface area contributed by atoms with Crippen LogP contribution in [-0.4, -0.2) is 28.7 Å². The lowest BCUT2D eigenvalue weighted by Gasteiger charge is -2.27. The van der Waals surface area contributed by atoms with Gasteiger partial charge in [-0.15, -0.1) is 0 Å². The van der Waals surface area contributed by atoms with Gasteiger partial charge in [0.25, 0.3) is 5.92 Å². The fraction of sp³-hybridized carbons (Fsp3) is 0.400. The van der Waals surface area contributed by atoms with Crippen molar-refractivity contribution >= 4 is 32.5 Å². The zero-order chi connectivity index (χ0) is 16.8. The molecule has 1 aromatic carbocycles. The Morgan fingerprint density at radius 2 is 2.09 bits per heavy atom. The first-order valence-electron chi connectivity index (χ1n) is 7.09. The van der Waals surface area contributed by atoms with E-state index in [2.05, 4.69) is 26.2 Å². The van der Waals surface area contributed by atoms with E-state index in [0.717, 1.165) is 12.1 Å². The normalized spacial score (nSPS) is 16.6. The SMILES string of the molecule is O=c1cc(N[C@@H](C2CC2)C(F)(F)CO)c2cc(Br)c(F)cc2[nH]1. The molecular weight excluding hydrogens is 377 g/mol. The molecular formula is C15H14BrF3N2O2. The summed E-state index contributed by atoms with van der Waals surface area (Å²) in [5, 5.41) is 12.1. The highest BCUT2D eigenvalue weighted by molar-refractivity contribution is 9.10. The predicted octanol–water partition coefficient (Wildman–Crippen LogP) is 3.25. The van der Waals surface area contributed by atoms with E-state index in [4.69, 9.17) is 5.11 Å². The van der Waals surface area contributed by atoms with Crippen molar-refractivity contribution in [3.05, 3.63) is 38.8 Å². The third-order valence-electron chi connectivity index (χ3n) is 3.95. The number of anilines is 1. The molecule has 3 N–H and O–H groups in total. The molecule has 0 unspecified atom stereocenters. The number of pyridine rings is 1. The molecule has 1 fully saturated rings. The fourth-order valence-corrected chi connectivity index (χ4v) is 2.98. The molecule has 1 heterocycles. The summed E-state index contributed by atoms with van der Waals surface area (Å²) < 4.78 is 41.7. The molecule has 0 spiro atoms. The van der Waals surface area contributed by atoms with Gasteiger partial charge in [0.15, 0.2) is 0 Å². The summed E-state index contributed by atoms with van der Waals surface area (Å²) in [6, 6.07) is 2.43. The van der Waals surface area contributed by atoms with Crippen molar-refractivity contribution in [1.82, 2.24) is 4.98 Å². The van der Waals surface area contributed by atoms with Crippen LogP contribution in [0.5, 0.6) is 0 Å². The van der Waals surface area contributed by atoms with E-state index in [0.29, 0.717) is 18.2 Å². The van der Waals surface area contributed by atoms with Gasteiger partial charge in [-0.3, -0.25) is 4.79 Å². The summed E-state index contributed by atoms with van der Waals surface area (Å²) in [6.45, 7) is -1.28. The number of aromatic amines is 1. The smallest absolute Gasteiger partial charge is 0.290 e. The molecule has 1 atom stereocenters. The number of alkyl halides is 2. The highest BCUT2D eigenvalue weighted by atomic mass is 79.9. The Kier molecular flexibility index (Phi) is 4.14. The zero-order valence-corrected chi connectivity index (χ0v) is 13.5. The summed E-state index contributed by atoms with van der Waals surface area (Å²) in [5.41, 5.74) is -0.124. The molecule has 1 aliphatic rings. The number of aliphatic hydroxyl groups is 1. The average molecular weight is 391 g/mol. The highest BCUT2D eigenvalue weighted by Gasteiger charge is 2.48. The molecule has 1 saturated carbocycles. The van der Waals surface area contributed by atoms with Gasteiger partial charge in [-0.2, -0.15) is 0 Å². The van der Waals surface area contributed by atoms with Crippen molar-refractivity contribution in [1.29, 1.82) is 0 Å². The van der Waals surface area contributed by atoms with Gasteiger partial charge in [0, 0.05) is 17.1 Å². The lowest BCUT2D eigenvalue weighted by molar-refractivity contribution is -0.0694. The van der Waals surface area contributed by atoms with E-state index in [1.807, 2.05) is 0 Å². The number of hydrogen-bond acceptors (Lipinski definition) is 3. The van der Waals surface area contributed by atoms with Crippen LogP contribution in [-0.2, 0) is 0 Å². The molecule has 0 saturated heterocycles. The number of halogens is 4. The Morgan fingerprint density at radius 3 is 2.70 bits per heavy atom. The van der Waals surface area contributed by atoms with Gasteiger partial charge in [-0.1, -0.05) is 0 Å². The molecule has 0 aliphatic heterocycles. The molecule has 23 heavy (non-hydrogen) atoms. The minimum absolute atomic E-state index is 0.164. The van der Waals surface area contributed by atoms with E-state index >= 15 is 0 Å². The predicted molar refractivity (Wildman–Crippen MR) is 84.4 cm³/mol. The maximum atomic E-state index is 14.0. The maximum absolute atomic E-state index is 14.0. The summed E-state index contributed by atoms with van der Waals surface area (Å²) in [5.74, 6) is -4.15. The Hall–Kier alpha value is -1.54. The summed E-state index contributed by atoms with van der Waals surface area (Å²) in [6.07, 6.45) is 1.26. The average Bonchev–Trinajstić information content (AvgIpc) is 3.30. The van der Waals surface area contributed by atoms with Crippen LogP contribution in [0.1, 0.15) is 12.8 Å². The van der Waals surface area contributed by atoms with Crippen LogP contribution < -0.4 is 10.9 Å². The second-order valence-corrected chi connectivity index (χ2v) is 6.59. The summed E-state index contributed by atoms with van der Waals surface area (Å²) >= 11 is 3.05. The number of aliphatic hydroxyl groups excluding tert-OH is 1. The topological polar surface area (TPSA) is 65.1 Å². The van der Waals surface area contributed by atoms with Crippen LogP contribution in [0.4, 0.5) is 18.9 Å². The van der Waals surface area contributed by atoms with Crippen molar-refractivity contribution in [3.63, 3.8) is 0 Å². The van der Waals surface area contributed by atoms with Crippen molar-refractivity contribution < 1.29 is 18.3 Å². The van der Waals surface area contributed by atoms with E-state index < -0.39 is 29.9 Å². The number of fused-ring (bicyclic) bond motifs is 1. The Bertz CT molecular complexity index is 805. The molecule has 124 valence electrons. The first-order chi connectivity index (χ1) is 10.8. The second kappa shape index (κ2) is 5.83. The molecule has 0 radical (unpaired) electrons. The molecule has 3 rings (SSSR count). The third-order valence-corrected chi connectivity index (χ3v) is 4.56. The molecule has 0 amide bonds. The number of benzene rings is 1. The molecule has 8 heteroatoms. The Balaban J connectivity index is 2.08. The van der Waals surface area contributed by atoms with Gasteiger partial charge in [-0.05, 0) is 46.8 Å². The number of H-pyrrole nitrogens is 1. The molecule has 2 aromatic rings. The van der Waals surface area contributed by atoms with Gasteiger partial charge in [0.05, 0.1) is 16.0 Å². The summed E-state index contributed by atoms with van der Waals surface area (Å²) in [7, 11) is 0. The van der Waals surface area contributed by atoms with Crippen LogP contribution in [0.25, 0.3) is 10.9 Å². The molecule has 1 aromatic heterocycles. The van der Waals surface area contributed by atoms with Gasteiger partial charge < -0.3 is 15.4 Å². The first-order valence-corrected chi connectivity index (χ1v) is 7.88. The van der Waals surface area contributed by atoms with Gasteiger partial charge in [0.2, 0.25) is 5.56 Å². The maximum Gasteiger partial charge on any atom is 0.290 e.